The van der Waals surface area contributed by atoms with E-state index in [2.05, 4.69) is 10.6 Å². The zero-order valence-electron chi connectivity index (χ0n) is 16.2. The number of hydrogen-bond donors (Lipinski definition) is 2. The molecule has 0 heterocycles. The van der Waals surface area contributed by atoms with Crippen LogP contribution in [-0.4, -0.2) is 17.6 Å². The van der Waals surface area contributed by atoms with Crippen molar-refractivity contribution in [2.45, 2.75) is 6.92 Å². The summed E-state index contributed by atoms with van der Waals surface area (Å²) >= 11 is 0. The Balaban J connectivity index is 1.88. The second kappa shape index (κ2) is 9.43. The fourth-order valence-corrected chi connectivity index (χ4v) is 2.68. The first-order valence-electron chi connectivity index (χ1n) is 9.19. The third kappa shape index (κ3) is 5.26. The van der Waals surface area contributed by atoms with E-state index in [1.54, 1.807) is 60.7 Å². The highest BCUT2D eigenvalue weighted by molar-refractivity contribution is 6.10. The number of carbonyl (C=O) groups excluding carboxylic acids is 3. The lowest BCUT2D eigenvalue weighted by atomic mass is 10.1. The first kappa shape index (κ1) is 20.7. The number of ketones is 1. The average molecular weight is 402 g/mol. The Morgan fingerprint density at radius 1 is 0.800 bits per heavy atom. The third-order valence-corrected chi connectivity index (χ3v) is 4.28. The lowest BCUT2D eigenvalue weighted by Gasteiger charge is -2.12. The van der Waals surface area contributed by atoms with Gasteiger partial charge in [0, 0.05) is 22.4 Å². The molecular weight excluding hydrogens is 383 g/mol. The minimum Gasteiger partial charge on any atom is -0.321 e. The van der Waals surface area contributed by atoms with Crippen LogP contribution in [-0.2, 0) is 4.79 Å². The molecule has 0 aliphatic heterocycles. The molecule has 0 saturated heterocycles. The van der Waals surface area contributed by atoms with Gasteiger partial charge in [0.15, 0.2) is 5.78 Å². The summed E-state index contributed by atoms with van der Waals surface area (Å²) in [5.41, 5.74) is 1.33. The van der Waals surface area contributed by atoms with Crippen LogP contribution in [0.2, 0.25) is 0 Å². The van der Waals surface area contributed by atoms with Crippen LogP contribution in [0.5, 0.6) is 0 Å². The fourth-order valence-electron chi connectivity index (χ4n) is 2.68. The van der Waals surface area contributed by atoms with E-state index < -0.39 is 17.6 Å². The van der Waals surface area contributed by atoms with Gasteiger partial charge < -0.3 is 10.6 Å². The summed E-state index contributed by atoms with van der Waals surface area (Å²) in [7, 11) is 0. The quantitative estimate of drug-likeness (QED) is 0.473. The van der Waals surface area contributed by atoms with E-state index in [4.69, 9.17) is 0 Å². The minimum absolute atomic E-state index is 0.0943. The molecule has 6 heteroatoms. The highest BCUT2D eigenvalue weighted by Crippen LogP contribution is 2.15. The average Bonchev–Trinajstić information content (AvgIpc) is 2.75. The number of Topliss-reactive ketones (excluding diaryl/α,β-unsaturated/α-hetero) is 1. The molecule has 0 unspecified atom stereocenters. The number of nitrogens with one attached hydrogen (secondary N) is 2. The van der Waals surface area contributed by atoms with Crippen molar-refractivity contribution in [1.82, 2.24) is 5.32 Å². The number of carbonyl (C=O) groups is 3. The molecule has 30 heavy (non-hydrogen) atoms. The zero-order valence-corrected chi connectivity index (χ0v) is 16.2. The summed E-state index contributed by atoms with van der Waals surface area (Å²) in [5, 5.41) is 5.20. The van der Waals surface area contributed by atoms with E-state index in [0.29, 0.717) is 16.8 Å². The predicted octanol–water partition coefficient (Wildman–Crippen LogP) is 4.44. The molecule has 0 bridgehead atoms. The summed E-state index contributed by atoms with van der Waals surface area (Å²) in [6, 6.07) is 20.6. The van der Waals surface area contributed by atoms with E-state index in [1.807, 2.05) is 0 Å². The van der Waals surface area contributed by atoms with Crippen molar-refractivity contribution in [3.63, 3.8) is 0 Å². The molecule has 0 radical (unpaired) electrons. The van der Waals surface area contributed by atoms with E-state index in [0.717, 1.165) is 0 Å². The van der Waals surface area contributed by atoms with Gasteiger partial charge in [-0.3, -0.25) is 14.4 Å². The lowest BCUT2D eigenvalue weighted by Crippen LogP contribution is -2.30. The third-order valence-electron chi connectivity index (χ3n) is 4.28. The first-order chi connectivity index (χ1) is 14.4. The van der Waals surface area contributed by atoms with Gasteiger partial charge in [0.05, 0.1) is 0 Å². The largest absolute Gasteiger partial charge is 0.321 e. The van der Waals surface area contributed by atoms with Gasteiger partial charge in [-0.25, -0.2) is 4.39 Å². The number of anilines is 1. The van der Waals surface area contributed by atoms with Crippen molar-refractivity contribution in [2.75, 3.05) is 5.32 Å². The van der Waals surface area contributed by atoms with Crippen molar-refractivity contribution in [1.29, 1.82) is 0 Å². The predicted molar refractivity (Wildman–Crippen MR) is 113 cm³/mol. The molecule has 3 aromatic rings. The van der Waals surface area contributed by atoms with Crippen LogP contribution in [0.25, 0.3) is 6.08 Å². The van der Waals surface area contributed by atoms with E-state index >= 15 is 0 Å². The van der Waals surface area contributed by atoms with Crippen LogP contribution in [0.4, 0.5) is 10.1 Å². The number of amides is 2. The van der Waals surface area contributed by atoms with Gasteiger partial charge in [-0.15, -0.1) is 0 Å². The standard InChI is InChI=1S/C24H19FN2O3/c1-16(28)17-11-13-20(14-12-17)26-24(30)22(15-19-9-5-6-10-21(19)25)27-23(29)18-7-3-2-4-8-18/h2-15H,1H3,(H,26,30)(H,27,29). The molecular formula is C24H19FN2O3. The second-order valence-corrected chi connectivity index (χ2v) is 6.49. The molecule has 150 valence electrons. The number of benzene rings is 3. The molecule has 0 fully saturated rings. The van der Waals surface area contributed by atoms with E-state index in [9.17, 15) is 18.8 Å². The van der Waals surface area contributed by atoms with Gasteiger partial charge in [-0.05, 0) is 55.5 Å². The molecule has 3 aromatic carbocycles. The van der Waals surface area contributed by atoms with Crippen molar-refractivity contribution in [3.8, 4) is 0 Å². The molecule has 2 N–H and O–H groups in total. The van der Waals surface area contributed by atoms with Crippen LogP contribution in [0, 0.1) is 5.82 Å². The lowest BCUT2D eigenvalue weighted by molar-refractivity contribution is -0.113. The maximum Gasteiger partial charge on any atom is 0.272 e. The first-order valence-corrected chi connectivity index (χ1v) is 9.19. The van der Waals surface area contributed by atoms with Gasteiger partial charge in [0.25, 0.3) is 11.8 Å². The van der Waals surface area contributed by atoms with E-state index in [1.165, 1.54) is 31.2 Å². The topological polar surface area (TPSA) is 75.3 Å². The zero-order chi connectivity index (χ0) is 21.5. The maximum atomic E-state index is 14.1. The maximum absolute atomic E-state index is 14.1. The molecule has 5 nitrogen and oxygen atoms in total. The van der Waals surface area contributed by atoms with E-state index in [-0.39, 0.29) is 17.0 Å². The summed E-state index contributed by atoms with van der Waals surface area (Å²) in [4.78, 5) is 36.8. The Labute approximate surface area is 173 Å². The highest BCUT2D eigenvalue weighted by Gasteiger charge is 2.16. The van der Waals surface area contributed by atoms with Crippen LogP contribution in [0.1, 0.15) is 33.2 Å². The Kier molecular flexibility index (Phi) is 6.49. The SMILES string of the molecule is CC(=O)c1ccc(NC(=O)C(=Cc2ccccc2F)NC(=O)c2ccccc2)cc1. The van der Waals surface area contributed by atoms with Gasteiger partial charge in [-0.1, -0.05) is 36.4 Å². The monoisotopic (exact) mass is 402 g/mol. The Morgan fingerprint density at radius 3 is 2.07 bits per heavy atom. The Bertz CT molecular complexity index is 1110. The molecule has 0 aliphatic carbocycles. The van der Waals surface area contributed by atoms with Crippen LogP contribution in [0.3, 0.4) is 0 Å². The normalized spacial score (nSPS) is 10.9. The summed E-state index contributed by atoms with van der Waals surface area (Å²) < 4.78 is 14.1. The molecule has 0 atom stereocenters. The van der Waals surface area contributed by atoms with Crippen LogP contribution in [0.15, 0.2) is 84.6 Å². The summed E-state index contributed by atoms with van der Waals surface area (Å²) in [5.74, 6) is -1.75. The Morgan fingerprint density at radius 2 is 1.43 bits per heavy atom. The summed E-state index contributed by atoms with van der Waals surface area (Å²) in [6.45, 7) is 1.45. The summed E-state index contributed by atoms with van der Waals surface area (Å²) in [6.07, 6.45) is 1.27. The second-order valence-electron chi connectivity index (χ2n) is 6.49. The molecule has 3 rings (SSSR count). The molecule has 0 aromatic heterocycles. The van der Waals surface area contributed by atoms with Crippen molar-refractivity contribution < 1.29 is 18.8 Å². The molecule has 0 spiro atoms. The highest BCUT2D eigenvalue weighted by atomic mass is 19.1. The molecule has 0 saturated carbocycles. The van der Waals surface area contributed by atoms with Gasteiger partial charge in [0.2, 0.25) is 0 Å². The smallest absolute Gasteiger partial charge is 0.272 e. The molecule has 2 amide bonds. The Hall–Kier alpha value is -4.06. The van der Waals surface area contributed by atoms with Crippen LogP contribution >= 0.6 is 0 Å². The van der Waals surface area contributed by atoms with Crippen molar-refractivity contribution >= 4 is 29.4 Å². The number of hydrogen-bond acceptors (Lipinski definition) is 3. The fraction of sp³-hybridized carbons (Fsp3) is 0.0417. The van der Waals surface area contributed by atoms with Gasteiger partial charge in [0.1, 0.15) is 11.5 Å². The van der Waals surface area contributed by atoms with Crippen LogP contribution < -0.4 is 10.6 Å². The minimum atomic E-state index is -0.627. The number of halogens is 1. The molecule has 0 aliphatic rings. The van der Waals surface area contributed by atoms with Crippen molar-refractivity contribution in [3.05, 3.63) is 107 Å². The number of rotatable bonds is 6. The van der Waals surface area contributed by atoms with Gasteiger partial charge >= 0.3 is 0 Å². The van der Waals surface area contributed by atoms with Crippen molar-refractivity contribution in [2.24, 2.45) is 0 Å². The van der Waals surface area contributed by atoms with Gasteiger partial charge in [-0.2, -0.15) is 0 Å².